The lowest BCUT2D eigenvalue weighted by atomic mass is 10.2. The molecule has 2 rings (SSSR count). The molecule has 1 aliphatic rings. The molecule has 1 heterocycles. The van der Waals surface area contributed by atoms with E-state index in [9.17, 15) is 0 Å². The standard InChI is InChI=1S/C12H19N3/c1-8-6-9(2)14-12(13-8)15-10(3)7-11-4-5-11/h6,10-11H,4-5,7H2,1-3H3,(H,13,14,15). The zero-order valence-corrected chi connectivity index (χ0v) is 9.75. The number of aromatic nitrogens is 2. The third-order valence-corrected chi connectivity index (χ3v) is 2.74. The fourth-order valence-corrected chi connectivity index (χ4v) is 1.92. The van der Waals surface area contributed by atoms with E-state index in [1.165, 1.54) is 19.3 Å². The van der Waals surface area contributed by atoms with Crippen LogP contribution in [0.25, 0.3) is 0 Å². The van der Waals surface area contributed by atoms with Crippen molar-refractivity contribution in [3.63, 3.8) is 0 Å². The smallest absolute Gasteiger partial charge is 0.223 e. The molecule has 0 spiro atoms. The summed E-state index contributed by atoms with van der Waals surface area (Å²) >= 11 is 0. The first kappa shape index (κ1) is 10.4. The average Bonchev–Trinajstić information content (AvgIpc) is 2.85. The highest BCUT2D eigenvalue weighted by Gasteiger charge is 2.23. The highest BCUT2D eigenvalue weighted by atomic mass is 15.1. The maximum atomic E-state index is 4.38. The number of nitrogens with zero attached hydrogens (tertiary/aromatic N) is 2. The highest BCUT2D eigenvalue weighted by Crippen LogP contribution is 2.33. The van der Waals surface area contributed by atoms with Gasteiger partial charge in [-0.3, -0.25) is 0 Å². The molecule has 0 radical (unpaired) electrons. The van der Waals surface area contributed by atoms with Crippen molar-refractivity contribution < 1.29 is 0 Å². The molecule has 1 fully saturated rings. The van der Waals surface area contributed by atoms with E-state index in [0.29, 0.717) is 6.04 Å². The van der Waals surface area contributed by atoms with E-state index in [1.54, 1.807) is 0 Å². The van der Waals surface area contributed by atoms with Gasteiger partial charge in [0.05, 0.1) is 0 Å². The van der Waals surface area contributed by atoms with E-state index in [1.807, 2.05) is 19.9 Å². The largest absolute Gasteiger partial charge is 0.352 e. The van der Waals surface area contributed by atoms with Crippen molar-refractivity contribution in [1.29, 1.82) is 0 Å². The normalized spacial score (nSPS) is 17.5. The summed E-state index contributed by atoms with van der Waals surface area (Å²) in [6, 6.07) is 2.48. The Morgan fingerprint density at radius 1 is 1.33 bits per heavy atom. The molecule has 15 heavy (non-hydrogen) atoms. The summed E-state index contributed by atoms with van der Waals surface area (Å²) in [7, 11) is 0. The van der Waals surface area contributed by atoms with E-state index < -0.39 is 0 Å². The maximum Gasteiger partial charge on any atom is 0.223 e. The molecule has 0 bridgehead atoms. The number of aryl methyl sites for hydroxylation is 2. The molecule has 1 aromatic rings. The molecule has 3 heteroatoms. The van der Waals surface area contributed by atoms with Gasteiger partial charge in [0.1, 0.15) is 0 Å². The van der Waals surface area contributed by atoms with Gasteiger partial charge in [-0.1, -0.05) is 12.8 Å². The Hall–Kier alpha value is -1.12. The van der Waals surface area contributed by atoms with Crippen molar-refractivity contribution in [2.45, 2.75) is 46.1 Å². The first-order chi connectivity index (χ1) is 7.13. The Morgan fingerprint density at radius 3 is 2.47 bits per heavy atom. The zero-order chi connectivity index (χ0) is 10.8. The monoisotopic (exact) mass is 205 g/mol. The van der Waals surface area contributed by atoms with Gasteiger partial charge < -0.3 is 5.32 Å². The van der Waals surface area contributed by atoms with Gasteiger partial charge in [-0.15, -0.1) is 0 Å². The minimum absolute atomic E-state index is 0.485. The molecule has 1 saturated carbocycles. The van der Waals surface area contributed by atoms with Gasteiger partial charge in [0, 0.05) is 17.4 Å². The Labute approximate surface area is 91.3 Å². The lowest BCUT2D eigenvalue weighted by molar-refractivity contribution is 0.637. The van der Waals surface area contributed by atoms with Crippen LogP contribution in [0.2, 0.25) is 0 Å². The van der Waals surface area contributed by atoms with Crippen LogP contribution in [0.4, 0.5) is 5.95 Å². The van der Waals surface area contributed by atoms with Gasteiger partial charge in [0.15, 0.2) is 0 Å². The summed E-state index contributed by atoms with van der Waals surface area (Å²) in [5, 5.41) is 3.37. The van der Waals surface area contributed by atoms with E-state index in [-0.39, 0.29) is 0 Å². The van der Waals surface area contributed by atoms with Gasteiger partial charge in [-0.05, 0) is 39.2 Å². The minimum atomic E-state index is 0.485. The van der Waals surface area contributed by atoms with Gasteiger partial charge in [-0.25, -0.2) is 9.97 Å². The van der Waals surface area contributed by atoms with Crippen molar-refractivity contribution in [1.82, 2.24) is 9.97 Å². The first-order valence-electron chi connectivity index (χ1n) is 5.72. The highest BCUT2D eigenvalue weighted by molar-refractivity contribution is 5.28. The molecule has 1 atom stereocenters. The number of nitrogens with one attached hydrogen (secondary N) is 1. The van der Waals surface area contributed by atoms with Gasteiger partial charge >= 0.3 is 0 Å². The SMILES string of the molecule is Cc1cc(C)nc(NC(C)CC2CC2)n1. The molecule has 1 aliphatic carbocycles. The summed E-state index contributed by atoms with van der Waals surface area (Å²) < 4.78 is 0. The first-order valence-corrected chi connectivity index (χ1v) is 5.72. The summed E-state index contributed by atoms with van der Waals surface area (Å²) in [4.78, 5) is 8.76. The molecule has 0 aromatic carbocycles. The lowest BCUT2D eigenvalue weighted by Crippen LogP contribution is -2.18. The minimum Gasteiger partial charge on any atom is -0.352 e. The number of hydrogen-bond acceptors (Lipinski definition) is 3. The number of hydrogen-bond donors (Lipinski definition) is 1. The predicted molar refractivity (Wildman–Crippen MR) is 61.9 cm³/mol. The van der Waals surface area contributed by atoms with Crippen molar-refractivity contribution in [3.05, 3.63) is 17.5 Å². The third kappa shape index (κ3) is 3.18. The van der Waals surface area contributed by atoms with Crippen LogP contribution in [0.1, 0.15) is 37.6 Å². The molecule has 1 unspecified atom stereocenters. The van der Waals surface area contributed by atoms with Crippen molar-refractivity contribution in [3.8, 4) is 0 Å². The van der Waals surface area contributed by atoms with Crippen molar-refractivity contribution in [2.75, 3.05) is 5.32 Å². The van der Waals surface area contributed by atoms with E-state index in [4.69, 9.17) is 0 Å². The van der Waals surface area contributed by atoms with E-state index >= 15 is 0 Å². The molecule has 0 amide bonds. The van der Waals surface area contributed by atoms with Crippen LogP contribution >= 0.6 is 0 Å². The molecule has 0 aliphatic heterocycles. The zero-order valence-electron chi connectivity index (χ0n) is 9.75. The fourth-order valence-electron chi connectivity index (χ4n) is 1.92. The van der Waals surface area contributed by atoms with Crippen LogP contribution in [-0.2, 0) is 0 Å². The maximum absolute atomic E-state index is 4.38. The van der Waals surface area contributed by atoms with Gasteiger partial charge in [0.2, 0.25) is 5.95 Å². The second-order valence-corrected chi connectivity index (χ2v) is 4.70. The molecular weight excluding hydrogens is 186 g/mol. The summed E-state index contributed by atoms with van der Waals surface area (Å²) in [6.45, 7) is 6.22. The Morgan fingerprint density at radius 2 is 1.93 bits per heavy atom. The van der Waals surface area contributed by atoms with Crippen LogP contribution in [0.5, 0.6) is 0 Å². The second-order valence-electron chi connectivity index (χ2n) is 4.70. The third-order valence-electron chi connectivity index (χ3n) is 2.74. The Balaban J connectivity index is 1.96. The summed E-state index contributed by atoms with van der Waals surface area (Å²) in [6.07, 6.45) is 4.05. The van der Waals surface area contributed by atoms with Crippen molar-refractivity contribution >= 4 is 5.95 Å². The quantitative estimate of drug-likeness (QED) is 0.821. The Bertz CT molecular complexity index is 324. The molecule has 3 nitrogen and oxygen atoms in total. The van der Waals surface area contributed by atoms with Crippen LogP contribution < -0.4 is 5.32 Å². The molecular formula is C12H19N3. The second kappa shape index (κ2) is 4.17. The number of rotatable bonds is 4. The number of anilines is 1. The van der Waals surface area contributed by atoms with Gasteiger partial charge in [0.25, 0.3) is 0 Å². The molecule has 1 aromatic heterocycles. The predicted octanol–water partition coefficient (Wildman–Crippen LogP) is 2.69. The van der Waals surface area contributed by atoms with Gasteiger partial charge in [-0.2, -0.15) is 0 Å². The van der Waals surface area contributed by atoms with Crippen molar-refractivity contribution in [2.24, 2.45) is 5.92 Å². The summed E-state index contributed by atoms with van der Waals surface area (Å²) in [5.41, 5.74) is 2.06. The Kier molecular flexibility index (Phi) is 2.89. The van der Waals surface area contributed by atoms with E-state index in [2.05, 4.69) is 22.2 Å². The van der Waals surface area contributed by atoms with Crippen LogP contribution in [0.3, 0.4) is 0 Å². The van der Waals surface area contributed by atoms with E-state index in [0.717, 1.165) is 23.3 Å². The molecule has 82 valence electrons. The molecule has 0 saturated heterocycles. The topological polar surface area (TPSA) is 37.8 Å². The average molecular weight is 205 g/mol. The lowest BCUT2D eigenvalue weighted by Gasteiger charge is -2.13. The fraction of sp³-hybridized carbons (Fsp3) is 0.667. The van der Waals surface area contributed by atoms with Crippen LogP contribution in [-0.4, -0.2) is 16.0 Å². The van der Waals surface area contributed by atoms with Crippen LogP contribution in [0, 0.1) is 19.8 Å². The molecule has 1 N–H and O–H groups in total. The van der Waals surface area contributed by atoms with Crippen LogP contribution in [0.15, 0.2) is 6.07 Å². The summed E-state index contributed by atoms with van der Waals surface area (Å²) in [5.74, 6) is 1.72.